The highest BCUT2D eigenvalue weighted by molar-refractivity contribution is 5.84. The van der Waals surface area contributed by atoms with Crippen LogP contribution in [0, 0.1) is 11.3 Å². The van der Waals surface area contributed by atoms with E-state index in [1.807, 2.05) is 0 Å². The maximum absolute atomic E-state index is 12.7. The van der Waals surface area contributed by atoms with E-state index in [9.17, 15) is 9.59 Å². The van der Waals surface area contributed by atoms with Gasteiger partial charge >= 0.3 is 5.97 Å². The van der Waals surface area contributed by atoms with Crippen molar-refractivity contribution in [1.29, 1.82) is 0 Å². The Hall–Kier alpha value is -1.10. The molecule has 1 saturated heterocycles. The van der Waals surface area contributed by atoms with Gasteiger partial charge in [-0.25, -0.2) is 4.79 Å². The Balaban J connectivity index is 2.03. The molecule has 0 aromatic rings. The number of ether oxygens (including phenoxy) is 1. The number of aliphatic carboxylic acids is 1. The molecule has 19 heavy (non-hydrogen) atoms. The third kappa shape index (κ3) is 2.91. The quantitative estimate of drug-likeness (QED) is 0.840. The van der Waals surface area contributed by atoms with Gasteiger partial charge in [0.2, 0.25) is 5.91 Å². The zero-order valence-electron chi connectivity index (χ0n) is 11.7. The highest BCUT2D eigenvalue weighted by atomic mass is 16.5. The van der Waals surface area contributed by atoms with E-state index in [2.05, 4.69) is 13.8 Å². The maximum Gasteiger partial charge on any atom is 0.334 e. The Kier molecular flexibility index (Phi) is 4.13. The minimum Gasteiger partial charge on any atom is -0.479 e. The Labute approximate surface area is 113 Å². The Morgan fingerprint density at radius 1 is 1.42 bits per heavy atom. The number of carbonyl (C=O) groups is 2. The number of hydrogen-bond donors (Lipinski definition) is 1. The van der Waals surface area contributed by atoms with Crippen LogP contribution in [-0.4, -0.2) is 47.7 Å². The second kappa shape index (κ2) is 5.49. The van der Waals surface area contributed by atoms with Crippen LogP contribution in [-0.2, 0) is 14.3 Å². The number of morpholine rings is 1. The van der Waals surface area contributed by atoms with Crippen molar-refractivity contribution in [3.63, 3.8) is 0 Å². The van der Waals surface area contributed by atoms with Gasteiger partial charge in [-0.15, -0.1) is 0 Å². The fourth-order valence-electron chi connectivity index (χ4n) is 3.21. The summed E-state index contributed by atoms with van der Waals surface area (Å²) in [5.41, 5.74) is -0.228. The summed E-state index contributed by atoms with van der Waals surface area (Å²) in [5.74, 6) is -0.355. The first-order chi connectivity index (χ1) is 8.94. The smallest absolute Gasteiger partial charge is 0.334 e. The number of rotatable bonds is 4. The molecule has 5 heteroatoms. The molecule has 1 aliphatic heterocycles. The molecule has 2 rings (SSSR count). The molecule has 5 nitrogen and oxygen atoms in total. The van der Waals surface area contributed by atoms with E-state index >= 15 is 0 Å². The van der Waals surface area contributed by atoms with Crippen molar-refractivity contribution in [1.82, 2.24) is 4.90 Å². The lowest BCUT2D eigenvalue weighted by atomic mass is 9.63. The molecular formula is C14H23NO4. The molecule has 2 fully saturated rings. The lowest BCUT2D eigenvalue weighted by molar-refractivity contribution is -0.166. The van der Waals surface area contributed by atoms with Crippen LogP contribution in [0.25, 0.3) is 0 Å². The average Bonchev–Trinajstić information content (AvgIpc) is 2.33. The minimum atomic E-state index is -0.982. The van der Waals surface area contributed by atoms with Crippen LogP contribution < -0.4 is 0 Å². The molecule has 1 N–H and O–H groups in total. The predicted octanol–water partition coefficient (Wildman–Crippen LogP) is 1.51. The zero-order valence-corrected chi connectivity index (χ0v) is 11.7. The van der Waals surface area contributed by atoms with Crippen LogP contribution in [0.4, 0.5) is 0 Å². The van der Waals surface area contributed by atoms with Gasteiger partial charge in [0, 0.05) is 12.0 Å². The summed E-state index contributed by atoms with van der Waals surface area (Å²) in [6.07, 6.45) is 3.03. The second-order valence-corrected chi connectivity index (χ2v) is 6.18. The third-order valence-corrected chi connectivity index (χ3v) is 4.19. The molecule has 0 aromatic heterocycles. The molecule has 0 radical (unpaired) electrons. The van der Waals surface area contributed by atoms with Crippen molar-refractivity contribution in [2.75, 3.05) is 19.7 Å². The Morgan fingerprint density at radius 3 is 2.58 bits per heavy atom. The van der Waals surface area contributed by atoms with Gasteiger partial charge < -0.3 is 14.7 Å². The summed E-state index contributed by atoms with van der Waals surface area (Å²) in [7, 11) is 0. The van der Waals surface area contributed by atoms with Crippen LogP contribution in [0.2, 0.25) is 0 Å². The van der Waals surface area contributed by atoms with E-state index in [0.717, 1.165) is 25.7 Å². The van der Waals surface area contributed by atoms with Crippen LogP contribution in [0.1, 0.15) is 39.5 Å². The number of carboxylic acids is 1. The van der Waals surface area contributed by atoms with Crippen molar-refractivity contribution in [2.24, 2.45) is 11.3 Å². The van der Waals surface area contributed by atoms with Crippen LogP contribution in [0.3, 0.4) is 0 Å². The molecule has 0 spiro atoms. The normalized spacial score (nSPS) is 26.1. The van der Waals surface area contributed by atoms with Crippen molar-refractivity contribution in [3.05, 3.63) is 0 Å². The highest BCUT2D eigenvalue weighted by Crippen LogP contribution is 2.47. The second-order valence-electron chi connectivity index (χ2n) is 6.18. The minimum absolute atomic E-state index is 0.141. The van der Waals surface area contributed by atoms with E-state index in [4.69, 9.17) is 9.84 Å². The number of carbonyl (C=O) groups excluding carboxylic acids is 1. The van der Waals surface area contributed by atoms with E-state index < -0.39 is 12.1 Å². The Morgan fingerprint density at radius 2 is 2.11 bits per heavy atom. The number of amides is 1. The predicted molar refractivity (Wildman–Crippen MR) is 69.7 cm³/mol. The van der Waals surface area contributed by atoms with Crippen molar-refractivity contribution in [3.8, 4) is 0 Å². The van der Waals surface area contributed by atoms with Gasteiger partial charge in [-0.05, 0) is 25.2 Å². The van der Waals surface area contributed by atoms with Crippen molar-refractivity contribution >= 4 is 11.9 Å². The number of hydrogen-bond acceptors (Lipinski definition) is 3. The molecule has 1 atom stereocenters. The Bertz CT molecular complexity index is 362. The monoisotopic (exact) mass is 269 g/mol. The van der Waals surface area contributed by atoms with Gasteiger partial charge in [0.15, 0.2) is 6.10 Å². The molecule has 1 heterocycles. The largest absolute Gasteiger partial charge is 0.479 e. The van der Waals surface area contributed by atoms with Crippen LogP contribution in [0.5, 0.6) is 0 Å². The fourth-order valence-corrected chi connectivity index (χ4v) is 3.21. The molecule has 2 aliphatic rings. The van der Waals surface area contributed by atoms with E-state index in [-0.39, 0.29) is 17.9 Å². The first-order valence-corrected chi connectivity index (χ1v) is 7.08. The van der Waals surface area contributed by atoms with Gasteiger partial charge in [0.25, 0.3) is 0 Å². The summed E-state index contributed by atoms with van der Waals surface area (Å²) < 4.78 is 5.17. The highest BCUT2D eigenvalue weighted by Gasteiger charge is 2.47. The van der Waals surface area contributed by atoms with Crippen LogP contribution >= 0.6 is 0 Å². The molecule has 1 amide bonds. The van der Waals surface area contributed by atoms with Crippen molar-refractivity contribution in [2.45, 2.75) is 45.6 Å². The fraction of sp³-hybridized carbons (Fsp3) is 0.857. The van der Waals surface area contributed by atoms with Gasteiger partial charge in [-0.1, -0.05) is 20.3 Å². The van der Waals surface area contributed by atoms with Crippen molar-refractivity contribution < 1.29 is 19.4 Å². The topological polar surface area (TPSA) is 66.8 Å². The number of nitrogens with zero attached hydrogens (tertiary/aromatic N) is 1. The molecule has 0 unspecified atom stereocenters. The molecule has 0 aromatic carbocycles. The first-order valence-electron chi connectivity index (χ1n) is 7.08. The number of carboxylic acid groups (broad SMARTS) is 1. The average molecular weight is 269 g/mol. The summed E-state index contributed by atoms with van der Waals surface area (Å²) in [6.45, 7) is 5.29. The maximum atomic E-state index is 12.7. The van der Waals surface area contributed by atoms with Gasteiger partial charge in [0.1, 0.15) is 0 Å². The third-order valence-electron chi connectivity index (χ3n) is 4.19. The molecule has 108 valence electrons. The van der Waals surface area contributed by atoms with E-state index in [0.29, 0.717) is 19.1 Å². The molecule has 0 bridgehead atoms. The summed E-state index contributed by atoms with van der Waals surface area (Å²) in [5, 5.41) is 8.99. The van der Waals surface area contributed by atoms with Gasteiger partial charge in [-0.2, -0.15) is 0 Å². The first kappa shape index (κ1) is 14.3. The van der Waals surface area contributed by atoms with E-state index in [1.165, 1.54) is 0 Å². The molecular weight excluding hydrogens is 246 g/mol. The van der Waals surface area contributed by atoms with Gasteiger partial charge in [0.05, 0.1) is 13.2 Å². The lowest BCUT2D eigenvalue weighted by Crippen LogP contribution is -2.55. The zero-order chi connectivity index (χ0) is 14.0. The standard InChI is InChI=1S/C14H23NO4/c1-10(2)8-14(4-3-5-14)13(18)15-6-7-19-11(9-15)12(16)17/h10-11H,3-9H2,1-2H3,(H,16,17)/t11-/m1/s1. The summed E-state index contributed by atoms with van der Waals surface area (Å²) >= 11 is 0. The van der Waals surface area contributed by atoms with Gasteiger partial charge in [-0.3, -0.25) is 4.79 Å². The lowest BCUT2D eigenvalue weighted by Gasteiger charge is -2.46. The summed E-state index contributed by atoms with van der Waals surface area (Å²) in [6, 6.07) is 0. The SMILES string of the molecule is CC(C)CC1(C(=O)N2CCO[C@@H](C(=O)O)C2)CCC1. The van der Waals surface area contributed by atoms with E-state index in [1.54, 1.807) is 4.90 Å². The summed E-state index contributed by atoms with van der Waals surface area (Å²) in [4.78, 5) is 25.4. The molecule has 1 saturated carbocycles. The molecule has 1 aliphatic carbocycles. The van der Waals surface area contributed by atoms with Crippen LogP contribution in [0.15, 0.2) is 0 Å².